The van der Waals surface area contributed by atoms with Gasteiger partial charge in [0, 0.05) is 44.1 Å². The third-order valence-electron chi connectivity index (χ3n) is 3.71. The van der Waals surface area contributed by atoms with Crippen molar-refractivity contribution in [3.8, 4) is 0 Å². The molecule has 1 saturated heterocycles. The summed E-state index contributed by atoms with van der Waals surface area (Å²) in [7, 11) is 4.29. The van der Waals surface area contributed by atoms with Crippen LogP contribution in [-0.4, -0.2) is 60.6 Å². The van der Waals surface area contributed by atoms with E-state index in [1.165, 1.54) is 0 Å². The summed E-state index contributed by atoms with van der Waals surface area (Å²) in [5.41, 5.74) is 7.44. The van der Waals surface area contributed by atoms with Crippen LogP contribution in [0.15, 0.2) is 18.5 Å². The minimum atomic E-state index is 0.0950. The topological polar surface area (TPSA) is 45.4 Å². The largest absolute Gasteiger partial charge is 0.326 e. The molecular formula is C13H21ClN4. The molecule has 1 aliphatic heterocycles. The molecule has 2 atom stereocenters. The number of aromatic nitrogens is 1. The molecule has 1 aliphatic rings. The van der Waals surface area contributed by atoms with Gasteiger partial charge in [0.15, 0.2) is 0 Å². The second-order valence-electron chi connectivity index (χ2n) is 5.15. The van der Waals surface area contributed by atoms with Gasteiger partial charge in [0.1, 0.15) is 0 Å². The third-order valence-corrected chi connectivity index (χ3v) is 4.05. The molecule has 1 aromatic heterocycles. The summed E-state index contributed by atoms with van der Waals surface area (Å²) in [6.45, 7) is 3.19. The average molecular weight is 269 g/mol. The van der Waals surface area contributed by atoms with E-state index in [1.807, 2.05) is 6.07 Å². The van der Waals surface area contributed by atoms with Gasteiger partial charge in [0.2, 0.25) is 0 Å². The van der Waals surface area contributed by atoms with Gasteiger partial charge in [-0.25, -0.2) is 0 Å². The Labute approximate surface area is 114 Å². The van der Waals surface area contributed by atoms with E-state index in [-0.39, 0.29) is 6.04 Å². The van der Waals surface area contributed by atoms with Crippen molar-refractivity contribution in [3.63, 3.8) is 0 Å². The highest BCUT2D eigenvalue weighted by atomic mass is 35.5. The van der Waals surface area contributed by atoms with E-state index in [2.05, 4.69) is 28.9 Å². The van der Waals surface area contributed by atoms with Crippen LogP contribution in [0.2, 0.25) is 5.02 Å². The molecule has 0 saturated carbocycles. The first-order chi connectivity index (χ1) is 8.58. The predicted octanol–water partition coefficient (Wildman–Crippen LogP) is 0.851. The molecule has 2 N–H and O–H groups in total. The fraction of sp³-hybridized carbons (Fsp3) is 0.615. The lowest BCUT2D eigenvalue weighted by molar-refractivity contribution is 0.0973. The van der Waals surface area contributed by atoms with Crippen LogP contribution >= 0.6 is 11.6 Å². The number of halogens is 1. The Hall–Kier alpha value is -0.680. The molecule has 0 spiro atoms. The first-order valence-corrected chi connectivity index (χ1v) is 6.68. The van der Waals surface area contributed by atoms with E-state index in [4.69, 9.17) is 17.3 Å². The van der Waals surface area contributed by atoms with Crippen molar-refractivity contribution in [2.45, 2.75) is 18.5 Å². The van der Waals surface area contributed by atoms with Crippen LogP contribution in [0.3, 0.4) is 0 Å². The second kappa shape index (κ2) is 5.97. The number of nitrogens with two attached hydrogens (primary N) is 1. The van der Waals surface area contributed by atoms with Crippen molar-refractivity contribution >= 4 is 11.6 Å². The van der Waals surface area contributed by atoms with Gasteiger partial charge in [-0.05, 0) is 32.1 Å². The van der Waals surface area contributed by atoms with Crippen LogP contribution in [0.25, 0.3) is 0 Å². The van der Waals surface area contributed by atoms with E-state index >= 15 is 0 Å². The zero-order chi connectivity index (χ0) is 13.1. The fourth-order valence-electron chi connectivity index (χ4n) is 2.47. The van der Waals surface area contributed by atoms with Crippen LogP contribution in [0.4, 0.5) is 0 Å². The van der Waals surface area contributed by atoms with Gasteiger partial charge in [-0.3, -0.25) is 9.88 Å². The Morgan fingerprint density at radius 1 is 1.50 bits per heavy atom. The third kappa shape index (κ3) is 3.20. The van der Waals surface area contributed by atoms with Crippen LogP contribution in [0.1, 0.15) is 5.56 Å². The maximum atomic E-state index is 6.35. The van der Waals surface area contributed by atoms with Crippen molar-refractivity contribution in [1.82, 2.24) is 14.8 Å². The Morgan fingerprint density at radius 3 is 3.00 bits per heavy atom. The minimum absolute atomic E-state index is 0.0950. The number of rotatable bonds is 3. The van der Waals surface area contributed by atoms with Crippen molar-refractivity contribution in [1.29, 1.82) is 0 Å². The standard InChI is InChI=1S/C13H21ClN4/c1-17-5-6-18(2)13(9-17)12(15)7-10-3-4-16-8-11(10)14/h3-4,8,12-13H,5-7,9,15H2,1-2H3. The Morgan fingerprint density at radius 2 is 2.28 bits per heavy atom. The molecule has 2 rings (SSSR count). The van der Waals surface area contributed by atoms with E-state index in [0.717, 1.165) is 31.6 Å². The second-order valence-corrected chi connectivity index (χ2v) is 5.55. The van der Waals surface area contributed by atoms with Gasteiger partial charge in [-0.15, -0.1) is 0 Å². The van der Waals surface area contributed by atoms with Crippen LogP contribution in [0, 0.1) is 0 Å². The summed E-state index contributed by atoms with van der Waals surface area (Å²) in [5.74, 6) is 0. The first kappa shape index (κ1) is 13.7. The van der Waals surface area contributed by atoms with Gasteiger partial charge < -0.3 is 10.6 Å². The first-order valence-electron chi connectivity index (χ1n) is 6.30. The van der Waals surface area contributed by atoms with Crippen molar-refractivity contribution in [2.75, 3.05) is 33.7 Å². The van der Waals surface area contributed by atoms with Crippen molar-refractivity contribution < 1.29 is 0 Å². The summed E-state index contributed by atoms with van der Waals surface area (Å²) < 4.78 is 0. The minimum Gasteiger partial charge on any atom is -0.326 e. The SMILES string of the molecule is CN1CCN(C)C(C(N)Cc2ccncc2Cl)C1. The molecule has 5 heteroatoms. The highest BCUT2D eigenvalue weighted by Crippen LogP contribution is 2.18. The van der Waals surface area contributed by atoms with Gasteiger partial charge >= 0.3 is 0 Å². The van der Waals surface area contributed by atoms with Gasteiger partial charge in [-0.2, -0.15) is 0 Å². The number of hydrogen-bond donors (Lipinski definition) is 1. The van der Waals surface area contributed by atoms with Gasteiger partial charge in [-0.1, -0.05) is 11.6 Å². The summed E-state index contributed by atoms with van der Waals surface area (Å²) in [4.78, 5) is 8.68. The number of pyridine rings is 1. The number of likely N-dealkylation sites (N-methyl/N-ethyl adjacent to an activating group) is 2. The number of piperazine rings is 1. The number of nitrogens with zero attached hydrogens (tertiary/aromatic N) is 3. The Bertz CT molecular complexity index is 398. The Kier molecular flexibility index (Phi) is 4.56. The highest BCUT2D eigenvalue weighted by molar-refractivity contribution is 6.31. The molecule has 100 valence electrons. The molecule has 0 amide bonds. The quantitative estimate of drug-likeness (QED) is 0.883. The van der Waals surface area contributed by atoms with E-state index < -0.39 is 0 Å². The molecule has 2 heterocycles. The zero-order valence-corrected chi connectivity index (χ0v) is 11.8. The maximum Gasteiger partial charge on any atom is 0.0621 e. The molecule has 18 heavy (non-hydrogen) atoms. The average Bonchev–Trinajstić information content (AvgIpc) is 2.35. The summed E-state index contributed by atoms with van der Waals surface area (Å²) in [6.07, 6.45) is 4.25. The van der Waals surface area contributed by atoms with Crippen molar-refractivity contribution in [3.05, 3.63) is 29.0 Å². The Balaban J connectivity index is 2.03. The van der Waals surface area contributed by atoms with E-state index in [0.29, 0.717) is 11.1 Å². The van der Waals surface area contributed by atoms with Crippen LogP contribution in [0.5, 0.6) is 0 Å². The van der Waals surface area contributed by atoms with Crippen molar-refractivity contribution in [2.24, 2.45) is 5.73 Å². The lowest BCUT2D eigenvalue weighted by atomic mass is 9.98. The molecule has 4 nitrogen and oxygen atoms in total. The molecule has 1 aromatic rings. The zero-order valence-electron chi connectivity index (χ0n) is 11.0. The lowest BCUT2D eigenvalue weighted by Gasteiger charge is -2.40. The van der Waals surface area contributed by atoms with Gasteiger partial charge in [0.25, 0.3) is 0 Å². The van der Waals surface area contributed by atoms with Gasteiger partial charge in [0.05, 0.1) is 5.02 Å². The molecule has 0 aromatic carbocycles. The smallest absolute Gasteiger partial charge is 0.0621 e. The molecule has 0 aliphatic carbocycles. The molecule has 0 bridgehead atoms. The normalized spacial score (nSPS) is 24.1. The molecular weight excluding hydrogens is 248 g/mol. The van der Waals surface area contributed by atoms with E-state index in [1.54, 1.807) is 12.4 Å². The van der Waals surface area contributed by atoms with Crippen LogP contribution in [-0.2, 0) is 6.42 Å². The summed E-state index contributed by atoms with van der Waals surface area (Å²) in [5, 5.41) is 0.708. The predicted molar refractivity (Wildman–Crippen MR) is 74.8 cm³/mol. The molecule has 1 fully saturated rings. The lowest BCUT2D eigenvalue weighted by Crippen LogP contribution is -2.58. The number of hydrogen-bond acceptors (Lipinski definition) is 4. The fourth-order valence-corrected chi connectivity index (χ4v) is 2.66. The molecule has 2 unspecified atom stereocenters. The molecule has 0 radical (unpaired) electrons. The van der Waals surface area contributed by atoms with Crippen LogP contribution < -0.4 is 5.73 Å². The summed E-state index contributed by atoms with van der Waals surface area (Å²) in [6, 6.07) is 2.43. The van der Waals surface area contributed by atoms with E-state index in [9.17, 15) is 0 Å². The monoisotopic (exact) mass is 268 g/mol. The highest BCUT2D eigenvalue weighted by Gasteiger charge is 2.27. The maximum absolute atomic E-state index is 6.35. The summed E-state index contributed by atoms with van der Waals surface area (Å²) >= 11 is 6.13.